The molecule has 2 heterocycles. The standard InChI is InChI=1S/C13H21N3OS/c1-9-8-12(11(3)18-9)10(2)14-4-6-16-7-5-15-13(16)17/h8,10,14H,4-7H2,1-3H3,(H,15,17). The molecule has 0 aromatic carbocycles. The first kappa shape index (κ1) is 13.4. The molecule has 0 bridgehead atoms. The smallest absolute Gasteiger partial charge is 0.317 e. The Hall–Kier alpha value is -1.07. The number of rotatable bonds is 5. The molecule has 1 fully saturated rings. The number of thiophene rings is 1. The highest BCUT2D eigenvalue weighted by atomic mass is 32.1. The molecule has 0 aliphatic carbocycles. The molecule has 1 aromatic heterocycles. The van der Waals surface area contributed by atoms with Gasteiger partial charge in [-0.2, -0.15) is 0 Å². The van der Waals surface area contributed by atoms with Gasteiger partial charge in [0.25, 0.3) is 0 Å². The maximum absolute atomic E-state index is 11.4. The minimum atomic E-state index is 0.0620. The van der Waals surface area contributed by atoms with Crippen molar-refractivity contribution < 1.29 is 4.79 Å². The van der Waals surface area contributed by atoms with Gasteiger partial charge in [0, 0.05) is 42.0 Å². The van der Waals surface area contributed by atoms with Crippen molar-refractivity contribution in [1.82, 2.24) is 15.5 Å². The van der Waals surface area contributed by atoms with Crippen LogP contribution >= 0.6 is 11.3 Å². The molecule has 2 N–H and O–H groups in total. The van der Waals surface area contributed by atoms with E-state index in [1.807, 2.05) is 16.2 Å². The van der Waals surface area contributed by atoms with Gasteiger partial charge in [-0.05, 0) is 32.4 Å². The van der Waals surface area contributed by atoms with Gasteiger partial charge in [-0.1, -0.05) is 0 Å². The van der Waals surface area contributed by atoms with Gasteiger partial charge in [0.05, 0.1) is 0 Å². The molecular formula is C13H21N3OS. The van der Waals surface area contributed by atoms with E-state index < -0.39 is 0 Å². The minimum absolute atomic E-state index is 0.0620. The van der Waals surface area contributed by atoms with E-state index >= 15 is 0 Å². The molecule has 1 atom stereocenters. The fraction of sp³-hybridized carbons (Fsp3) is 0.615. The maximum Gasteiger partial charge on any atom is 0.317 e. The molecule has 0 radical (unpaired) electrons. The maximum atomic E-state index is 11.4. The van der Waals surface area contributed by atoms with Crippen LogP contribution in [0.1, 0.15) is 28.3 Å². The van der Waals surface area contributed by atoms with Gasteiger partial charge in [0.15, 0.2) is 0 Å². The molecule has 0 spiro atoms. The van der Waals surface area contributed by atoms with E-state index in [4.69, 9.17) is 0 Å². The summed E-state index contributed by atoms with van der Waals surface area (Å²) in [5.74, 6) is 0. The summed E-state index contributed by atoms with van der Waals surface area (Å²) in [6.07, 6.45) is 0. The Labute approximate surface area is 112 Å². The number of nitrogens with one attached hydrogen (secondary N) is 2. The van der Waals surface area contributed by atoms with Crippen molar-refractivity contribution in [3.63, 3.8) is 0 Å². The fourth-order valence-electron chi connectivity index (χ4n) is 2.33. The van der Waals surface area contributed by atoms with Gasteiger partial charge in [-0.15, -0.1) is 11.3 Å². The highest BCUT2D eigenvalue weighted by molar-refractivity contribution is 7.12. The second-order valence-electron chi connectivity index (χ2n) is 4.76. The molecule has 1 aliphatic rings. The lowest BCUT2D eigenvalue weighted by molar-refractivity contribution is 0.217. The third kappa shape index (κ3) is 3.03. The summed E-state index contributed by atoms with van der Waals surface area (Å²) in [6.45, 7) is 9.70. The van der Waals surface area contributed by atoms with Crippen LogP contribution in [0.25, 0.3) is 0 Å². The van der Waals surface area contributed by atoms with Crippen LogP contribution < -0.4 is 10.6 Å². The lowest BCUT2D eigenvalue weighted by Gasteiger charge is -2.18. The van der Waals surface area contributed by atoms with Crippen molar-refractivity contribution in [2.45, 2.75) is 26.8 Å². The Morgan fingerprint density at radius 2 is 2.33 bits per heavy atom. The lowest BCUT2D eigenvalue weighted by Crippen LogP contribution is -2.35. The van der Waals surface area contributed by atoms with E-state index in [1.54, 1.807) is 0 Å². The van der Waals surface area contributed by atoms with Crippen LogP contribution in [-0.4, -0.2) is 37.1 Å². The summed E-state index contributed by atoms with van der Waals surface area (Å²) < 4.78 is 0. The summed E-state index contributed by atoms with van der Waals surface area (Å²) in [6, 6.07) is 2.66. The second kappa shape index (κ2) is 5.71. The fourth-order valence-corrected chi connectivity index (χ4v) is 3.35. The van der Waals surface area contributed by atoms with Gasteiger partial charge in [0.2, 0.25) is 0 Å². The summed E-state index contributed by atoms with van der Waals surface area (Å²) in [7, 11) is 0. The van der Waals surface area contributed by atoms with Gasteiger partial charge in [0.1, 0.15) is 0 Å². The highest BCUT2D eigenvalue weighted by Crippen LogP contribution is 2.25. The number of aryl methyl sites for hydroxylation is 2. The van der Waals surface area contributed by atoms with Crippen LogP contribution in [-0.2, 0) is 0 Å². The number of hydrogen-bond donors (Lipinski definition) is 2. The van der Waals surface area contributed by atoms with Gasteiger partial charge >= 0.3 is 6.03 Å². The molecule has 100 valence electrons. The minimum Gasteiger partial charge on any atom is -0.336 e. The number of hydrogen-bond acceptors (Lipinski definition) is 3. The molecule has 2 amide bonds. The summed E-state index contributed by atoms with van der Waals surface area (Å²) in [5.41, 5.74) is 1.38. The number of amides is 2. The van der Waals surface area contributed by atoms with Crippen molar-refractivity contribution in [2.24, 2.45) is 0 Å². The lowest BCUT2D eigenvalue weighted by atomic mass is 10.1. The predicted octanol–water partition coefficient (Wildman–Crippen LogP) is 2.04. The highest BCUT2D eigenvalue weighted by Gasteiger charge is 2.19. The number of nitrogens with zero attached hydrogens (tertiary/aromatic N) is 1. The molecule has 0 saturated carbocycles. The Bertz CT molecular complexity index is 430. The summed E-state index contributed by atoms with van der Waals surface area (Å²) in [4.78, 5) is 16.0. The zero-order chi connectivity index (χ0) is 13.1. The average Bonchev–Trinajstić information content (AvgIpc) is 2.85. The first-order valence-electron chi connectivity index (χ1n) is 6.41. The van der Waals surface area contributed by atoms with E-state index in [0.717, 1.165) is 26.2 Å². The Balaban J connectivity index is 1.79. The van der Waals surface area contributed by atoms with Crippen LogP contribution in [0.5, 0.6) is 0 Å². The van der Waals surface area contributed by atoms with E-state index in [9.17, 15) is 4.79 Å². The van der Waals surface area contributed by atoms with Crippen LogP contribution in [0.15, 0.2) is 6.07 Å². The molecule has 1 aliphatic heterocycles. The van der Waals surface area contributed by atoms with Crippen LogP contribution in [0.4, 0.5) is 4.79 Å². The van der Waals surface area contributed by atoms with E-state index in [1.165, 1.54) is 15.3 Å². The Morgan fingerprint density at radius 1 is 1.56 bits per heavy atom. The number of carbonyl (C=O) groups excluding carboxylic acids is 1. The monoisotopic (exact) mass is 267 g/mol. The summed E-state index contributed by atoms with van der Waals surface area (Å²) >= 11 is 1.84. The normalized spacial score (nSPS) is 17.1. The second-order valence-corrected chi connectivity index (χ2v) is 6.22. The Morgan fingerprint density at radius 3 is 2.89 bits per heavy atom. The molecule has 5 heteroatoms. The largest absolute Gasteiger partial charge is 0.336 e. The van der Waals surface area contributed by atoms with Crippen molar-refractivity contribution in [2.75, 3.05) is 26.2 Å². The summed E-state index contributed by atoms with van der Waals surface area (Å²) in [5, 5.41) is 6.30. The molecule has 1 saturated heterocycles. The molecule has 18 heavy (non-hydrogen) atoms. The van der Waals surface area contributed by atoms with Crippen molar-refractivity contribution in [3.05, 3.63) is 21.4 Å². The molecule has 2 rings (SSSR count). The predicted molar refractivity (Wildman–Crippen MR) is 75.2 cm³/mol. The Kier molecular flexibility index (Phi) is 4.24. The number of urea groups is 1. The zero-order valence-electron chi connectivity index (χ0n) is 11.2. The third-order valence-electron chi connectivity index (χ3n) is 3.32. The number of carbonyl (C=O) groups is 1. The van der Waals surface area contributed by atoms with Crippen LogP contribution in [0.2, 0.25) is 0 Å². The first-order chi connectivity index (χ1) is 8.58. The van der Waals surface area contributed by atoms with E-state index in [-0.39, 0.29) is 6.03 Å². The molecule has 4 nitrogen and oxygen atoms in total. The first-order valence-corrected chi connectivity index (χ1v) is 7.22. The van der Waals surface area contributed by atoms with Crippen molar-refractivity contribution in [1.29, 1.82) is 0 Å². The third-order valence-corrected chi connectivity index (χ3v) is 4.30. The van der Waals surface area contributed by atoms with E-state index in [2.05, 4.69) is 37.5 Å². The van der Waals surface area contributed by atoms with Crippen molar-refractivity contribution >= 4 is 17.4 Å². The van der Waals surface area contributed by atoms with Crippen molar-refractivity contribution in [3.8, 4) is 0 Å². The quantitative estimate of drug-likeness (QED) is 0.857. The van der Waals surface area contributed by atoms with E-state index in [0.29, 0.717) is 6.04 Å². The molecular weight excluding hydrogens is 246 g/mol. The zero-order valence-corrected chi connectivity index (χ0v) is 12.1. The van der Waals surface area contributed by atoms with Gasteiger partial charge < -0.3 is 15.5 Å². The SMILES string of the molecule is Cc1cc(C(C)NCCN2CCNC2=O)c(C)s1. The van der Waals surface area contributed by atoms with Crippen LogP contribution in [0, 0.1) is 13.8 Å². The topological polar surface area (TPSA) is 44.4 Å². The molecule has 1 aromatic rings. The average molecular weight is 267 g/mol. The molecule has 1 unspecified atom stereocenters. The van der Waals surface area contributed by atoms with Gasteiger partial charge in [-0.25, -0.2) is 4.79 Å². The van der Waals surface area contributed by atoms with Crippen LogP contribution in [0.3, 0.4) is 0 Å². The van der Waals surface area contributed by atoms with Gasteiger partial charge in [-0.3, -0.25) is 0 Å².